The maximum atomic E-state index is 6.38. The van der Waals surface area contributed by atoms with Crippen molar-refractivity contribution in [2.75, 3.05) is 22.9 Å². The van der Waals surface area contributed by atoms with E-state index in [1.807, 2.05) is 0 Å². The Balaban J connectivity index is 1.79. The van der Waals surface area contributed by atoms with E-state index in [0.29, 0.717) is 11.9 Å². The van der Waals surface area contributed by atoms with Gasteiger partial charge in [-0.2, -0.15) is 4.99 Å². The van der Waals surface area contributed by atoms with Crippen LogP contribution in [-0.4, -0.2) is 30.7 Å². The summed E-state index contributed by atoms with van der Waals surface area (Å²) in [4.78, 5) is 13.7. The molecule has 4 rings (SSSR count). The van der Waals surface area contributed by atoms with Gasteiger partial charge >= 0.3 is 0 Å². The van der Waals surface area contributed by atoms with Crippen LogP contribution < -0.4 is 21.3 Å². The summed E-state index contributed by atoms with van der Waals surface area (Å²) in [5, 5.41) is 0. The van der Waals surface area contributed by atoms with Crippen LogP contribution in [0, 0.1) is 6.92 Å². The van der Waals surface area contributed by atoms with E-state index in [1.165, 1.54) is 30.5 Å². The van der Waals surface area contributed by atoms with Gasteiger partial charge in [0.2, 0.25) is 11.9 Å². The molecule has 2 aliphatic heterocycles. The molecule has 134 valence electrons. The molecule has 2 heterocycles. The number of hydrogen-bond acceptors (Lipinski definition) is 6. The highest BCUT2D eigenvalue weighted by Crippen LogP contribution is 2.42. The number of benzene rings is 1. The summed E-state index contributed by atoms with van der Waals surface area (Å²) in [6, 6.07) is 6.48. The SMILES string of the molecule is Cc1c(N2CCCC2)cccc1N1C(N)=NC(N)=NC12CCCCC2. The lowest BCUT2D eigenvalue weighted by atomic mass is 9.87. The summed E-state index contributed by atoms with van der Waals surface area (Å²) in [6.45, 7) is 4.45. The summed E-state index contributed by atoms with van der Waals surface area (Å²) in [5.74, 6) is 0.778. The molecule has 0 radical (unpaired) electrons. The first kappa shape index (κ1) is 16.2. The van der Waals surface area contributed by atoms with Crippen LogP contribution in [0.15, 0.2) is 28.2 Å². The zero-order valence-corrected chi connectivity index (χ0v) is 15.0. The summed E-state index contributed by atoms with van der Waals surface area (Å²) >= 11 is 0. The van der Waals surface area contributed by atoms with Crippen LogP contribution in [0.5, 0.6) is 0 Å². The molecule has 0 atom stereocenters. The molecule has 6 nitrogen and oxygen atoms in total. The number of aliphatic imine (C=N–C) groups is 2. The highest BCUT2D eigenvalue weighted by Gasteiger charge is 2.43. The van der Waals surface area contributed by atoms with Gasteiger partial charge in [-0.05, 0) is 63.1 Å². The summed E-state index contributed by atoms with van der Waals surface area (Å²) in [5.41, 5.74) is 15.7. The Morgan fingerprint density at radius 1 is 0.960 bits per heavy atom. The lowest BCUT2D eigenvalue weighted by Crippen LogP contribution is -2.58. The van der Waals surface area contributed by atoms with Gasteiger partial charge in [0.25, 0.3) is 0 Å². The summed E-state index contributed by atoms with van der Waals surface area (Å²) in [7, 11) is 0. The van der Waals surface area contributed by atoms with Crippen LogP contribution in [0.1, 0.15) is 50.5 Å². The van der Waals surface area contributed by atoms with Crippen molar-refractivity contribution >= 4 is 23.3 Å². The third kappa shape index (κ3) is 2.73. The minimum atomic E-state index is -0.372. The molecule has 0 amide bonds. The van der Waals surface area contributed by atoms with Gasteiger partial charge in [0.05, 0.1) is 5.69 Å². The van der Waals surface area contributed by atoms with E-state index < -0.39 is 0 Å². The largest absolute Gasteiger partial charge is 0.371 e. The van der Waals surface area contributed by atoms with Crippen LogP contribution in [0.3, 0.4) is 0 Å². The molecule has 1 saturated carbocycles. The van der Waals surface area contributed by atoms with E-state index in [1.54, 1.807) is 0 Å². The van der Waals surface area contributed by atoms with Crippen molar-refractivity contribution in [1.29, 1.82) is 0 Å². The summed E-state index contributed by atoms with van der Waals surface area (Å²) < 4.78 is 0. The quantitative estimate of drug-likeness (QED) is 0.867. The Morgan fingerprint density at radius 3 is 2.36 bits per heavy atom. The first-order valence-corrected chi connectivity index (χ1v) is 9.45. The van der Waals surface area contributed by atoms with Gasteiger partial charge in [-0.15, -0.1) is 0 Å². The van der Waals surface area contributed by atoms with Gasteiger partial charge in [-0.1, -0.05) is 12.5 Å². The predicted molar refractivity (Wildman–Crippen MR) is 104 cm³/mol. The fourth-order valence-corrected chi connectivity index (χ4v) is 4.62. The number of guanidine groups is 2. The molecule has 3 aliphatic rings. The third-order valence-corrected chi connectivity index (χ3v) is 5.82. The van der Waals surface area contributed by atoms with Crippen LogP contribution in [0.2, 0.25) is 0 Å². The molecular weight excluding hydrogens is 312 g/mol. The lowest BCUT2D eigenvalue weighted by Gasteiger charge is -2.46. The molecular formula is C19H28N6. The molecule has 6 heteroatoms. The second-order valence-corrected chi connectivity index (χ2v) is 7.43. The van der Waals surface area contributed by atoms with Gasteiger partial charge in [0.15, 0.2) is 0 Å². The van der Waals surface area contributed by atoms with Crippen LogP contribution in [0.25, 0.3) is 0 Å². The van der Waals surface area contributed by atoms with Gasteiger partial charge in [0.1, 0.15) is 5.66 Å². The Morgan fingerprint density at radius 2 is 1.64 bits per heavy atom. The Bertz CT molecular complexity index is 711. The number of anilines is 2. The van der Waals surface area contributed by atoms with E-state index in [-0.39, 0.29) is 5.66 Å². The van der Waals surface area contributed by atoms with Crippen LogP contribution >= 0.6 is 0 Å². The fourth-order valence-electron chi connectivity index (χ4n) is 4.62. The van der Waals surface area contributed by atoms with E-state index in [4.69, 9.17) is 16.5 Å². The average molecular weight is 340 g/mol. The zero-order chi connectivity index (χ0) is 17.4. The molecule has 1 saturated heterocycles. The summed E-state index contributed by atoms with van der Waals surface area (Å²) in [6.07, 6.45) is 8.00. The molecule has 0 aromatic heterocycles. The zero-order valence-electron chi connectivity index (χ0n) is 15.0. The molecule has 1 aromatic carbocycles. The maximum absolute atomic E-state index is 6.38. The fraction of sp³-hybridized carbons (Fsp3) is 0.579. The monoisotopic (exact) mass is 340 g/mol. The van der Waals surface area contributed by atoms with Gasteiger partial charge < -0.3 is 16.4 Å². The topological polar surface area (TPSA) is 83.2 Å². The highest BCUT2D eigenvalue weighted by atomic mass is 15.4. The predicted octanol–water partition coefficient (Wildman–Crippen LogP) is 2.71. The second kappa shape index (κ2) is 6.24. The molecule has 0 bridgehead atoms. The normalized spacial score (nSPS) is 22.9. The molecule has 2 fully saturated rings. The first-order chi connectivity index (χ1) is 12.1. The molecule has 0 unspecified atom stereocenters. The Kier molecular flexibility index (Phi) is 4.06. The standard InChI is InChI=1S/C19H28N6/c1-14-15(24-12-5-6-13-24)8-7-9-16(14)25-18(21)22-17(20)23-19(25)10-3-2-4-11-19/h7-9H,2-6,10-13H2,1H3,(H4,20,21,22,23). The number of nitrogens with two attached hydrogens (primary N) is 2. The van der Waals surface area contributed by atoms with E-state index in [9.17, 15) is 0 Å². The average Bonchev–Trinajstić information content (AvgIpc) is 3.10. The molecule has 4 N–H and O–H groups in total. The smallest absolute Gasteiger partial charge is 0.220 e. The van der Waals surface area contributed by atoms with E-state index >= 15 is 0 Å². The molecule has 1 aliphatic carbocycles. The molecule has 1 aromatic rings. The van der Waals surface area contributed by atoms with Gasteiger partial charge in [-0.3, -0.25) is 4.90 Å². The van der Waals surface area contributed by atoms with Crippen molar-refractivity contribution in [2.45, 2.75) is 57.5 Å². The molecule has 1 spiro atoms. The number of rotatable bonds is 2. The van der Waals surface area contributed by atoms with E-state index in [0.717, 1.165) is 44.5 Å². The van der Waals surface area contributed by atoms with Gasteiger partial charge in [-0.25, -0.2) is 4.99 Å². The number of hydrogen-bond donors (Lipinski definition) is 2. The van der Waals surface area contributed by atoms with Crippen molar-refractivity contribution < 1.29 is 0 Å². The van der Waals surface area contributed by atoms with Crippen molar-refractivity contribution in [2.24, 2.45) is 21.5 Å². The number of nitrogens with zero attached hydrogens (tertiary/aromatic N) is 4. The molecule has 25 heavy (non-hydrogen) atoms. The van der Waals surface area contributed by atoms with E-state index in [2.05, 4.69) is 39.9 Å². The van der Waals surface area contributed by atoms with Crippen molar-refractivity contribution in [3.05, 3.63) is 23.8 Å². The minimum Gasteiger partial charge on any atom is -0.371 e. The third-order valence-electron chi connectivity index (χ3n) is 5.82. The minimum absolute atomic E-state index is 0.309. The Hall–Kier alpha value is -2.24. The first-order valence-electron chi connectivity index (χ1n) is 9.45. The Labute approximate surface area is 149 Å². The van der Waals surface area contributed by atoms with Crippen molar-refractivity contribution in [3.8, 4) is 0 Å². The van der Waals surface area contributed by atoms with Crippen molar-refractivity contribution in [3.63, 3.8) is 0 Å². The van der Waals surface area contributed by atoms with Crippen LogP contribution in [0.4, 0.5) is 11.4 Å². The maximum Gasteiger partial charge on any atom is 0.220 e. The second-order valence-electron chi connectivity index (χ2n) is 7.43. The van der Waals surface area contributed by atoms with Crippen LogP contribution in [-0.2, 0) is 0 Å². The lowest BCUT2D eigenvalue weighted by molar-refractivity contribution is 0.305. The van der Waals surface area contributed by atoms with Gasteiger partial charge in [0, 0.05) is 18.8 Å². The van der Waals surface area contributed by atoms with Crippen molar-refractivity contribution in [1.82, 2.24) is 0 Å². The highest BCUT2D eigenvalue weighted by molar-refractivity contribution is 6.06.